The van der Waals surface area contributed by atoms with Gasteiger partial charge in [0, 0.05) is 12.5 Å². The zero-order valence-electron chi connectivity index (χ0n) is 19.2. The number of hydrogen-bond donors (Lipinski definition) is 1. The van der Waals surface area contributed by atoms with Crippen LogP contribution in [0.4, 0.5) is 5.69 Å². The molecular weight excluding hydrogens is 412 g/mol. The van der Waals surface area contributed by atoms with Crippen LogP contribution < -0.4 is 9.62 Å². The molecule has 0 radical (unpaired) electrons. The number of benzene rings is 1. The summed E-state index contributed by atoms with van der Waals surface area (Å²) in [6, 6.07) is 6.08. The Morgan fingerprint density at radius 2 is 1.61 bits per heavy atom. The highest BCUT2D eigenvalue weighted by atomic mass is 32.2. The number of anilines is 1. The molecule has 2 fully saturated rings. The first-order valence-corrected chi connectivity index (χ1v) is 13.0. The molecule has 1 aromatic carbocycles. The van der Waals surface area contributed by atoms with Gasteiger partial charge in [-0.05, 0) is 48.9 Å². The zero-order valence-corrected chi connectivity index (χ0v) is 20.1. The van der Waals surface area contributed by atoms with Gasteiger partial charge in [0.05, 0.1) is 16.0 Å². The lowest BCUT2D eigenvalue weighted by molar-refractivity contribution is -0.146. The number of nitrogens with one attached hydrogen (secondary N) is 1. The topological polar surface area (TPSA) is 83.6 Å². The van der Waals surface area contributed by atoms with Crippen molar-refractivity contribution >= 4 is 27.5 Å². The van der Waals surface area contributed by atoms with Crippen molar-refractivity contribution in [3.63, 3.8) is 0 Å². The van der Waals surface area contributed by atoms with Crippen LogP contribution in [-0.4, -0.2) is 26.8 Å². The molecule has 1 aromatic rings. The first kappa shape index (κ1) is 23.9. The van der Waals surface area contributed by atoms with Crippen molar-refractivity contribution in [1.82, 2.24) is 4.72 Å². The van der Waals surface area contributed by atoms with Gasteiger partial charge in [-0.25, -0.2) is 18.0 Å². The van der Waals surface area contributed by atoms with Gasteiger partial charge in [0.15, 0.2) is 0 Å². The van der Waals surface area contributed by atoms with Gasteiger partial charge in [0.2, 0.25) is 21.8 Å². The largest absolute Gasteiger partial charge is 0.274 e. The van der Waals surface area contributed by atoms with Gasteiger partial charge in [-0.15, -0.1) is 0 Å². The molecule has 1 N–H and O–H groups in total. The molecule has 172 valence electrons. The average molecular weight is 449 g/mol. The second-order valence-electron chi connectivity index (χ2n) is 9.78. The molecule has 1 aliphatic heterocycles. The number of nitrogens with zero attached hydrogens (tertiary/aromatic N) is 1. The van der Waals surface area contributed by atoms with Crippen molar-refractivity contribution in [2.45, 2.75) is 84.0 Å². The minimum absolute atomic E-state index is 0.147. The number of carbonyl (C=O) groups excluding carboxylic acids is 2. The molecule has 2 bridgehead atoms. The minimum Gasteiger partial charge on any atom is -0.274 e. The van der Waals surface area contributed by atoms with Crippen LogP contribution in [0.3, 0.4) is 0 Å². The van der Waals surface area contributed by atoms with Gasteiger partial charge in [-0.1, -0.05) is 59.8 Å². The molecule has 0 unspecified atom stereocenters. The van der Waals surface area contributed by atoms with E-state index in [0.717, 1.165) is 19.3 Å². The quantitative estimate of drug-likeness (QED) is 0.417. The molecule has 0 spiro atoms. The van der Waals surface area contributed by atoms with E-state index in [1.165, 1.54) is 36.3 Å². The molecule has 2 amide bonds. The highest BCUT2D eigenvalue weighted by molar-refractivity contribution is 7.89. The van der Waals surface area contributed by atoms with E-state index in [1.807, 2.05) is 20.8 Å². The summed E-state index contributed by atoms with van der Waals surface area (Å²) in [5.74, 6) is -0.563. The number of unbranched alkanes of at least 4 members (excludes halogenated alkanes) is 5. The fraction of sp³-hybridized carbons (Fsp3) is 0.667. The maximum atomic E-state index is 13.3. The minimum atomic E-state index is -3.61. The van der Waals surface area contributed by atoms with E-state index in [4.69, 9.17) is 0 Å². The summed E-state index contributed by atoms with van der Waals surface area (Å²) in [5, 5.41) is 0. The highest BCUT2D eigenvalue weighted by Crippen LogP contribution is 2.60. The number of sulfonamides is 1. The molecule has 1 saturated carbocycles. The Kier molecular flexibility index (Phi) is 6.96. The van der Waals surface area contributed by atoms with E-state index in [9.17, 15) is 18.0 Å². The van der Waals surface area contributed by atoms with E-state index >= 15 is 0 Å². The molecular formula is C24H36N2O4S. The molecule has 3 rings (SSSR count). The highest BCUT2D eigenvalue weighted by Gasteiger charge is 2.64. The van der Waals surface area contributed by atoms with Gasteiger partial charge in [0.1, 0.15) is 0 Å². The van der Waals surface area contributed by atoms with Crippen molar-refractivity contribution in [1.29, 1.82) is 0 Å². The smallest absolute Gasteiger partial charge is 0.240 e. The number of fused-ring (bicyclic) bond motifs is 2. The number of rotatable bonds is 10. The fourth-order valence-corrected chi connectivity index (χ4v) is 6.11. The first-order chi connectivity index (χ1) is 14.6. The molecule has 31 heavy (non-hydrogen) atoms. The number of imide groups is 1. The second-order valence-corrected chi connectivity index (χ2v) is 11.6. The Morgan fingerprint density at radius 1 is 1.00 bits per heavy atom. The molecule has 7 heteroatoms. The maximum Gasteiger partial charge on any atom is 0.240 e. The van der Waals surface area contributed by atoms with Crippen LogP contribution in [0.1, 0.15) is 79.1 Å². The predicted octanol–water partition coefficient (Wildman–Crippen LogP) is 4.64. The summed E-state index contributed by atoms with van der Waals surface area (Å²) < 4.78 is 27.8. The van der Waals surface area contributed by atoms with E-state index in [1.54, 1.807) is 12.1 Å². The van der Waals surface area contributed by atoms with E-state index in [2.05, 4.69) is 11.6 Å². The molecule has 2 atom stereocenters. The Morgan fingerprint density at radius 3 is 2.26 bits per heavy atom. The summed E-state index contributed by atoms with van der Waals surface area (Å²) in [7, 11) is -3.61. The molecule has 6 nitrogen and oxygen atoms in total. The van der Waals surface area contributed by atoms with E-state index < -0.39 is 15.4 Å². The molecule has 1 heterocycles. The lowest BCUT2D eigenvalue weighted by atomic mass is 9.62. The predicted molar refractivity (Wildman–Crippen MR) is 122 cm³/mol. The van der Waals surface area contributed by atoms with Gasteiger partial charge in [0.25, 0.3) is 0 Å². The SMILES string of the molecule is CCCCCCCCNS(=O)(=O)c1ccc(N2C(=O)[C@H]3CC[C@@](C)(C2=O)C3(C)C)cc1. The normalized spacial score (nSPS) is 25.3. The lowest BCUT2D eigenvalue weighted by Crippen LogP contribution is -2.59. The lowest BCUT2D eigenvalue weighted by Gasteiger charge is -2.47. The van der Waals surface area contributed by atoms with Gasteiger partial charge in [-0.2, -0.15) is 0 Å². The van der Waals surface area contributed by atoms with Crippen LogP contribution >= 0.6 is 0 Å². The van der Waals surface area contributed by atoms with Crippen molar-refractivity contribution in [3.05, 3.63) is 24.3 Å². The fourth-order valence-electron chi connectivity index (χ4n) is 5.03. The third-order valence-electron chi connectivity index (χ3n) is 7.65. The van der Waals surface area contributed by atoms with Crippen LogP contribution in [0, 0.1) is 16.7 Å². The molecule has 1 saturated heterocycles. The molecule has 1 aliphatic carbocycles. The van der Waals surface area contributed by atoms with E-state index in [0.29, 0.717) is 25.1 Å². The second kappa shape index (κ2) is 9.02. The van der Waals surface area contributed by atoms with Gasteiger partial charge >= 0.3 is 0 Å². The number of carbonyl (C=O) groups is 2. The summed E-state index contributed by atoms with van der Waals surface area (Å²) in [5.41, 5.74) is -0.519. The first-order valence-electron chi connectivity index (χ1n) is 11.5. The summed E-state index contributed by atoms with van der Waals surface area (Å²) in [6.07, 6.45) is 7.95. The van der Waals surface area contributed by atoms with Crippen molar-refractivity contribution in [3.8, 4) is 0 Å². The Labute approximate surface area is 186 Å². The van der Waals surface area contributed by atoms with Gasteiger partial charge < -0.3 is 0 Å². The maximum absolute atomic E-state index is 13.3. The van der Waals surface area contributed by atoms with Crippen LogP contribution in [0.5, 0.6) is 0 Å². The van der Waals surface area contributed by atoms with Crippen LogP contribution in [0.15, 0.2) is 29.2 Å². The number of amides is 2. The Bertz CT molecular complexity index is 923. The third-order valence-corrected chi connectivity index (χ3v) is 9.12. The monoisotopic (exact) mass is 448 g/mol. The number of piperidine rings is 1. The average Bonchev–Trinajstić information content (AvgIpc) is 2.91. The molecule has 0 aromatic heterocycles. The Hall–Kier alpha value is -1.73. The van der Waals surface area contributed by atoms with Crippen LogP contribution in [-0.2, 0) is 19.6 Å². The summed E-state index contributed by atoms with van der Waals surface area (Å²) in [6.45, 7) is 8.53. The third kappa shape index (κ3) is 4.31. The molecule has 2 aliphatic rings. The van der Waals surface area contributed by atoms with Crippen molar-refractivity contribution < 1.29 is 18.0 Å². The van der Waals surface area contributed by atoms with Crippen LogP contribution in [0.25, 0.3) is 0 Å². The summed E-state index contributed by atoms with van der Waals surface area (Å²) >= 11 is 0. The van der Waals surface area contributed by atoms with Crippen molar-refractivity contribution in [2.75, 3.05) is 11.4 Å². The van der Waals surface area contributed by atoms with E-state index in [-0.39, 0.29) is 28.0 Å². The van der Waals surface area contributed by atoms with Crippen molar-refractivity contribution in [2.24, 2.45) is 16.7 Å². The Balaban J connectivity index is 1.66. The van der Waals surface area contributed by atoms with Gasteiger partial charge in [-0.3, -0.25) is 9.59 Å². The standard InChI is InChI=1S/C24H36N2O4S/c1-5-6-7-8-9-10-17-25-31(29,30)19-13-11-18(12-14-19)26-21(27)20-15-16-24(4,22(26)28)23(20,2)3/h11-14,20,25H,5-10,15-17H2,1-4H3/t20-,24+/m1/s1. The van der Waals surface area contributed by atoms with Crippen LogP contribution in [0.2, 0.25) is 0 Å². The summed E-state index contributed by atoms with van der Waals surface area (Å²) in [4.78, 5) is 27.7. The zero-order chi connectivity index (χ0) is 22.9. The number of hydrogen-bond acceptors (Lipinski definition) is 4.